The second kappa shape index (κ2) is 5.97. The summed E-state index contributed by atoms with van der Waals surface area (Å²) in [4.78, 5) is 10.8. The molecule has 1 aliphatic heterocycles. The predicted molar refractivity (Wildman–Crippen MR) is 71.5 cm³/mol. The van der Waals surface area contributed by atoms with E-state index < -0.39 is 0 Å². The molecule has 0 radical (unpaired) electrons. The van der Waals surface area contributed by atoms with E-state index in [9.17, 15) is 0 Å². The van der Waals surface area contributed by atoms with Crippen molar-refractivity contribution in [3.05, 3.63) is 11.9 Å². The van der Waals surface area contributed by atoms with E-state index in [4.69, 9.17) is 10.5 Å². The van der Waals surface area contributed by atoms with E-state index in [1.807, 2.05) is 6.92 Å². The second-order valence-corrected chi connectivity index (χ2v) is 4.58. The molecule has 6 heteroatoms. The van der Waals surface area contributed by atoms with Gasteiger partial charge in [-0.25, -0.2) is 9.97 Å². The molecule has 0 spiro atoms. The van der Waals surface area contributed by atoms with Crippen molar-refractivity contribution in [2.45, 2.75) is 19.4 Å². The molecule has 0 bridgehead atoms. The van der Waals surface area contributed by atoms with Gasteiger partial charge in [-0.3, -0.25) is 0 Å². The minimum Gasteiger partial charge on any atom is -0.384 e. The minimum absolute atomic E-state index is 0.199. The Hall–Kier alpha value is -1.40. The Morgan fingerprint density at radius 3 is 3.11 bits per heavy atom. The van der Waals surface area contributed by atoms with E-state index >= 15 is 0 Å². The molecule has 100 valence electrons. The van der Waals surface area contributed by atoms with Crippen LogP contribution in [0.5, 0.6) is 0 Å². The van der Waals surface area contributed by atoms with Gasteiger partial charge >= 0.3 is 0 Å². The number of nitrogens with one attached hydrogen (secondary N) is 1. The Balaban J connectivity index is 1.91. The first-order valence-electron chi connectivity index (χ1n) is 6.35. The van der Waals surface area contributed by atoms with Crippen LogP contribution in [0, 0.1) is 0 Å². The summed E-state index contributed by atoms with van der Waals surface area (Å²) in [7, 11) is 2.10. The van der Waals surface area contributed by atoms with Gasteiger partial charge in [0, 0.05) is 32.1 Å². The lowest BCUT2D eigenvalue weighted by Gasteiger charge is -2.30. The third-order valence-electron chi connectivity index (χ3n) is 2.96. The summed E-state index contributed by atoms with van der Waals surface area (Å²) in [6, 6.07) is 1.76. The average Bonchev–Trinajstić information content (AvgIpc) is 2.36. The molecule has 1 fully saturated rings. The lowest BCUT2D eigenvalue weighted by atomic mass is 10.3. The molecule has 1 aromatic heterocycles. The average molecular weight is 251 g/mol. The second-order valence-electron chi connectivity index (χ2n) is 4.58. The molecular weight excluding hydrogens is 230 g/mol. The van der Waals surface area contributed by atoms with Crippen molar-refractivity contribution >= 4 is 11.6 Å². The highest BCUT2D eigenvalue weighted by atomic mass is 16.5. The molecule has 1 aromatic rings. The van der Waals surface area contributed by atoms with Crippen molar-refractivity contribution in [3.8, 4) is 0 Å². The first kappa shape index (κ1) is 13.0. The van der Waals surface area contributed by atoms with Crippen LogP contribution < -0.4 is 11.1 Å². The number of rotatable bonds is 4. The van der Waals surface area contributed by atoms with E-state index in [-0.39, 0.29) is 6.10 Å². The van der Waals surface area contributed by atoms with E-state index in [2.05, 4.69) is 27.2 Å². The normalized spacial score (nSPS) is 20.9. The van der Waals surface area contributed by atoms with Gasteiger partial charge in [0.25, 0.3) is 0 Å². The highest BCUT2D eigenvalue weighted by Crippen LogP contribution is 2.10. The van der Waals surface area contributed by atoms with Crippen LogP contribution >= 0.6 is 0 Å². The zero-order valence-corrected chi connectivity index (χ0v) is 11.0. The summed E-state index contributed by atoms with van der Waals surface area (Å²) in [5.41, 5.74) is 5.74. The highest BCUT2D eigenvalue weighted by molar-refractivity contribution is 5.44. The fourth-order valence-corrected chi connectivity index (χ4v) is 1.98. The van der Waals surface area contributed by atoms with Crippen LogP contribution in [0.2, 0.25) is 0 Å². The number of ether oxygens (including phenoxy) is 1. The standard InChI is InChI=1S/C12H21N5O/c1-3-11-15-10(13)6-12(16-11)14-7-9-8-17(2)4-5-18-9/h6,9H,3-5,7-8H2,1-2H3,(H3,13,14,15,16). The number of hydrogen-bond donors (Lipinski definition) is 2. The van der Waals surface area contributed by atoms with Crippen LogP contribution in [-0.2, 0) is 11.2 Å². The van der Waals surface area contributed by atoms with Crippen LogP contribution in [0.15, 0.2) is 6.07 Å². The van der Waals surface area contributed by atoms with Crippen molar-refractivity contribution in [3.63, 3.8) is 0 Å². The van der Waals surface area contributed by atoms with Crippen LogP contribution in [0.4, 0.5) is 11.6 Å². The predicted octanol–water partition coefficient (Wildman–Crippen LogP) is 0.364. The topological polar surface area (TPSA) is 76.3 Å². The highest BCUT2D eigenvalue weighted by Gasteiger charge is 2.17. The van der Waals surface area contributed by atoms with Crippen LogP contribution in [0.3, 0.4) is 0 Å². The van der Waals surface area contributed by atoms with Crippen molar-refractivity contribution in [1.29, 1.82) is 0 Å². The van der Waals surface area contributed by atoms with Gasteiger partial charge < -0.3 is 20.7 Å². The summed E-state index contributed by atoms with van der Waals surface area (Å²) >= 11 is 0. The third kappa shape index (κ3) is 3.54. The number of aryl methyl sites for hydroxylation is 1. The van der Waals surface area contributed by atoms with Crippen molar-refractivity contribution in [2.24, 2.45) is 0 Å². The molecule has 1 saturated heterocycles. The first-order chi connectivity index (χ1) is 8.67. The Morgan fingerprint density at radius 2 is 2.39 bits per heavy atom. The van der Waals surface area contributed by atoms with E-state index in [1.165, 1.54) is 0 Å². The monoisotopic (exact) mass is 251 g/mol. The van der Waals surface area contributed by atoms with E-state index in [1.54, 1.807) is 6.07 Å². The number of hydrogen-bond acceptors (Lipinski definition) is 6. The van der Waals surface area contributed by atoms with Crippen molar-refractivity contribution in [1.82, 2.24) is 14.9 Å². The van der Waals surface area contributed by atoms with Gasteiger partial charge in [0.15, 0.2) is 0 Å². The zero-order valence-electron chi connectivity index (χ0n) is 11.0. The SMILES string of the molecule is CCc1nc(N)cc(NCC2CN(C)CCO2)n1. The van der Waals surface area contributed by atoms with E-state index in [0.29, 0.717) is 5.82 Å². The molecule has 3 N–H and O–H groups in total. The first-order valence-corrected chi connectivity index (χ1v) is 6.35. The number of aromatic nitrogens is 2. The number of likely N-dealkylation sites (N-methyl/N-ethyl adjacent to an activating group) is 1. The summed E-state index contributed by atoms with van der Waals surface area (Å²) in [5, 5.41) is 3.27. The Bertz CT molecular complexity index is 398. The number of nitrogens with zero attached hydrogens (tertiary/aromatic N) is 3. The maximum Gasteiger partial charge on any atom is 0.132 e. The Morgan fingerprint density at radius 1 is 1.56 bits per heavy atom. The maximum absolute atomic E-state index is 5.74. The smallest absolute Gasteiger partial charge is 0.132 e. The van der Waals surface area contributed by atoms with Crippen LogP contribution in [0.25, 0.3) is 0 Å². The van der Waals surface area contributed by atoms with Gasteiger partial charge in [0.1, 0.15) is 17.5 Å². The fourth-order valence-electron chi connectivity index (χ4n) is 1.98. The Labute approximate surface area is 108 Å². The van der Waals surface area contributed by atoms with Crippen molar-refractivity contribution < 1.29 is 4.74 Å². The summed E-state index contributed by atoms with van der Waals surface area (Å²) < 4.78 is 5.68. The molecule has 0 amide bonds. The van der Waals surface area contributed by atoms with Crippen molar-refractivity contribution in [2.75, 3.05) is 44.3 Å². The number of anilines is 2. The van der Waals surface area contributed by atoms with Gasteiger partial charge in [-0.1, -0.05) is 6.92 Å². The molecule has 2 heterocycles. The fraction of sp³-hybridized carbons (Fsp3) is 0.667. The third-order valence-corrected chi connectivity index (χ3v) is 2.96. The van der Waals surface area contributed by atoms with E-state index in [0.717, 1.165) is 44.3 Å². The number of nitrogens with two attached hydrogens (primary N) is 1. The lowest BCUT2D eigenvalue weighted by molar-refractivity contribution is -0.0117. The summed E-state index contributed by atoms with van der Waals surface area (Å²) in [5.74, 6) is 2.04. The number of morpholine rings is 1. The molecule has 6 nitrogen and oxygen atoms in total. The summed E-state index contributed by atoms with van der Waals surface area (Å²) in [6.07, 6.45) is 0.979. The lowest BCUT2D eigenvalue weighted by Crippen LogP contribution is -2.43. The zero-order chi connectivity index (χ0) is 13.0. The molecule has 1 unspecified atom stereocenters. The quantitative estimate of drug-likeness (QED) is 0.805. The molecule has 0 aromatic carbocycles. The molecule has 1 aliphatic rings. The Kier molecular flexibility index (Phi) is 4.33. The molecule has 0 aliphatic carbocycles. The molecule has 1 atom stereocenters. The summed E-state index contributed by atoms with van der Waals surface area (Å²) in [6.45, 7) is 5.47. The molecular formula is C12H21N5O. The van der Waals surface area contributed by atoms with Gasteiger partial charge in [-0.2, -0.15) is 0 Å². The minimum atomic E-state index is 0.199. The number of nitrogen functional groups attached to an aromatic ring is 1. The van der Waals surface area contributed by atoms with Gasteiger partial charge in [-0.05, 0) is 7.05 Å². The molecule has 2 rings (SSSR count). The molecule has 0 saturated carbocycles. The largest absolute Gasteiger partial charge is 0.384 e. The maximum atomic E-state index is 5.74. The van der Waals surface area contributed by atoms with Gasteiger partial charge in [0.05, 0.1) is 12.7 Å². The van der Waals surface area contributed by atoms with Gasteiger partial charge in [-0.15, -0.1) is 0 Å². The van der Waals surface area contributed by atoms with Crippen LogP contribution in [-0.4, -0.2) is 54.3 Å². The molecule has 18 heavy (non-hydrogen) atoms. The van der Waals surface area contributed by atoms with Crippen LogP contribution in [0.1, 0.15) is 12.7 Å². The van der Waals surface area contributed by atoms with Gasteiger partial charge in [0.2, 0.25) is 0 Å².